The maximum absolute atomic E-state index is 12.2. The topological polar surface area (TPSA) is 67.3 Å². The van der Waals surface area contributed by atoms with Crippen molar-refractivity contribution in [2.75, 3.05) is 36.5 Å². The SMILES string of the molecule is Cc1nc(N2CCOCC2)nc(C)c1NC(=O)C=Cc1ccccc1. The van der Waals surface area contributed by atoms with Gasteiger partial charge in [0.15, 0.2) is 0 Å². The molecule has 1 fully saturated rings. The van der Waals surface area contributed by atoms with E-state index >= 15 is 0 Å². The molecule has 0 spiro atoms. The summed E-state index contributed by atoms with van der Waals surface area (Å²) in [5, 5.41) is 2.88. The number of anilines is 2. The molecule has 1 aliphatic heterocycles. The highest BCUT2D eigenvalue weighted by molar-refractivity contribution is 6.02. The number of benzene rings is 1. The van der Waals surface area contributed by atoms with Gasteiger partial charge in [0.2, 0.25) is 11.9 Å². The van der Waals surface area contributed by atoms with E-state index in [1.54, 1.807) is 6.08 Å². The van der Waals surface area contributed by atoms with Crippen LogP contribution in [0.15, 0.2) is 36.4 Å². The van der Waals surface area contributed by atoms with Gasteiger partial charge < -0.3 is 15.0 Å². The maximum atomic E-state index is 12.2. The minimum Gasteiger partial charge on any atom is -0.378 e. The molecule has 3 rings (SSSR count). The number of carbonyl (C=O) groups is 1. The van der Waals surface area contributed by atoms with Crippen molar-refractivity contribution in [2.45, 2.75) is 13.8 Å². The van der Waals surface area contributed by atoms with Gasteiger partial charge >= 0.3 is 0 Å². The third kappa shape index (κ3) is 4.42. The number of hydrogen-bond acceptors (Lipinski definition) is 5. The van der Waals surface area contributed by atoms with Crippen molar-refractivity contribution in [3.63, 3.8) is 0 Å². The van der Waals surface area contributed by atoms with Crippen LogP contribution in [0.5, 0.6) is 0 Å². The lowest BCUT2D eigenvalue weighted by Gasteiger charge is -2.27. The highest BCUT2D eigenvalue weighted by Crippen LogP contribution is 2.21. The largest absolute Gasteiger partial charge is 0.378 e. The summed E-state index contributed by atoms with van der Waals surface area (Å²) >= 11 is 0. The van der Waals surface area contributed by atoms with Gasteiger partial charge in [-0.2, -0.15) is 0 Å². The van der Waals surface area contributed by atoms with E-state index in [9.17, 15) is 4.79 Å². The van der Waals surface area contributed by atoms with E-state index in [4.69, 9.17) is 4.74 Å². The van der Waals surface area contributed by atoms with Crippen molar-refractivity contribution >= 4 is 23.6 Å². The van der Waals surface area contributed by atoms with Gasteiger partial charge in [-0.3, -0.25) is 4.79 Å². The van der Waals surface area contributed by atoms with Crippen LogP contribution in [0.25, 0.3) is 6.08 Å². The lowest BCUT2D eigenvalue weighted by atomic mass is 10.2. The van der Waals surface area contributed by atoms with Gasteiger partial charge in [0, 0.05) is 19.2 Å². The molecule has 0 atom stereocenters. The lowest BCUT2D eigenvalue weighted by molar-refractivity contribution is -0.111. The summed E-state index contributed by atoms with van der Waals surface area (Å²) in [4.78, 5) is 23.4. The molecule has 6 nitrogen and oxygen atoms in total. The molecule has 0 saturated carbocycles. The number of hydrogen-bond donors (Lipinski definition) is 1. The smallest absolute Gasteiger partial charge is 0.248 e. The predicted octanol–water partition coefficient (Wildman–Crippen LogP) is 2.58. The van der Waals surface area contributed by atoms with Crippen LogP contribution in [0.2, 0.25) is 0 Å². The minimum atomic E-state index is -0.197. The van der Waals surface area contributed by atoms with E-state index in [-0.39, 0.29) is 5.91 Å². The van der Waals surface area contributed by atoms with Crippen LogP contribution >= 0.6 is 0 Å². The minimum absolute atomic E-state index is 0.197. The second-order valence-electron chi connectivity index (χ2n) is 5.90. The molecule has 0 aliphatic carbocycles. The summed E-state index contributed by atoms with van der Waals surface area (Å²) in [6.07, 6.45) is 3.30. The Kier molecular flexibility index (Phi) is 5.40. The number of aromatic nitrogens is 2. The van der Waals surface area contributed by atoms with Gasteiger partial charge in [0.25, 0.3) is 0 Å². The third-order valence-corrected chi connectivity index (χ3v) is 4.03. The van der Waals surface area contributed by atoms with Gasteiger partial charge in [-0.25, -0.2) is 9.97 Å². The van der Waals surface area contributed by atoms with E-state index in [2.05, 4.69) is 20.2 Å². The average Bonchev–Trinajstić information content (AvgIpc) is 2.64. The Labute approximate surface area is 147 Å². The Morgan fingerprint density at radius 2 is 1.76 bits per heavy atom. The summed E-state index contributed by atoms with van der Waals surface area (Å²) in [6.45, 7) is 6.70. The molecule has 130 valence electrons. The zero-order valence-corrected chi connectivity index (χ0v) is 14.5. The highest BCUT2D eigenvalue weighted by Gasteiger charge is 2.17. The molecular weight excluding hydrogens is 316 g/mol. The molecule has 2 aromatic rings. The molecule has 0 unspecified atom stereocenters. The molecule has 1 aliphatic rings. The molecule has 1 saturated heterocycles. The van der Waals surface area contributed by atoms with Crippen LogP contribution in [0.4, 0.5) is 11.6 Å². The number of amides is 1. The van der Waals surface area contributed by atoms with Gasteiger partial charge in [-0.15, -0.1) is 0 Å². The molecule has 1 amide bonds. The Bertz CT molecular complexity index is 745. The fraction of sp³-hybridized carbons (Fsp3) is 0.316. The third-order valence-electron chi connectivity index (χ3n) is 4.03. The second-order valence-corrected chi connectivity index (χ2v) is 5.90. The van der Waals surface area contributed by atoms with E-state index in [0.717, 1.165) is 30.0 Å². The van der Waals surface area contributed by atoms with Gasteiger partial charge in [0.05, 0.1) is 30.3 Å². The Balaban J connectivity index is 1.71. The zero-order valence-electron chi connectivity index (χ0n) is 14.5. The Hall–Kier alpha value is -2.73. The molecule has 2 heterocycles. The average molecular weight is 338 g/mol. The number of nitrogens with one attached hydrogen (secondary N) is 1. The summed E-state index contributed by atoms with van der Waals surface area (Å²) in [5.41, 5.74) is 3.16. The van der Waals surface area contributed by atoms with E-state index in [1.807, 2.05) is 44.2 Å². The van der Waals surface area contributed by atoms with Crippen molar-refractivity contribution in [1.29, 1.82) is 0 Å². The first kappa shape index (κ1) is 17.1. The molecule has 6 heteroatoms. The summed E-state index contributed by atoms with van der Waals surface area (Å²) in [5.74, 6) is 0.494. The van der Waals surface area contributed by atoms with Crippen LogP contribution in [0.1, 0.15) is 17.0 Å². The van der Waals surface area contributed by atoms with Crippen LogP contribution in [0.3, 0.4) is 0 Å². The normalized spacial score (nSPS) is 14.7. The molecule has 0 radical (unpaired) electrons. The quantitative estimate of drug-likeness (QED) is 0.868. The fourth-order valence-electron chi connectivity index (χ4n) is 2.69. The first-order valence-electron chi connectivity index (χ1n) is 8.35. The fourth-order valence-corrected chi connectivity index (χ4v) is 2.69. The summed E-state index contributed by atoms with van der Waals surface area (Å²) in [6, 6.07) is 9.70. The van der Waals surface area contributed by atoms with E-state index < -0.39 is 0 Å². The van der Waals surface area contributed by atoms with Crippen LogP contribution < -0.4 is 10.2 Å². The molecule has 0 bridgehead atoms. The van der Waals surface area contributed by atoms with Crippen molar-refractivity contribution in [3.05, 3.63) is 53.4 Å². The molecule has 1 aromatic carbocycles. The Morgan fingerprint density at radius 1 is 1.12 bits per heavy atom. The van der Waals surface area contributed by atoms with Crippen molar-refractivity contribution < 1.29 is 9.53 Å². The predicted molar refractivity (Wildman–Crippen MR) is 98.6 cm³/mol. The van der Waals surface area contributed by atoms with Crippen molar-refractivity contribution in [1.82, 2.24) is 9.97 Å². The first-order valence-corrected chi connectivity index (χ1v) is 8.35. The van der Waals surface area contributed by atoms with Crippen LogP contribution in [-0.4, -0.2) is 42.2 Å². The maximum Gasteiger partial charge on any atom is 0.248 e. The molecule has 25 heavy (non-hydrogen) atoms. The molecule has 1 aromatic heterocycles. The summed E-state index contributed by atoms with van der Waals surface area (Å²) in [7, 11) is 0. The number of morpholine rings is 1. The van der Waals surface area contributed by atoms with Gasteiger partial charge in [-0.05, 0) is 25.5 Å². The molecule has 1 N–H and O–H groups in total. The lowest BCUT2D eigenvalue weighted by Crippen LogP contribution is -2.37. The van der Waals surface area contributed by atoms with Gasteiger partial charge in [-0.1, -0.05) is 30.3 Å². The molecular formula is C19H22N4O2. The number of ether oxygens (including phenoxy) is 1. The number of aryl methyl sites for hydroxylation is 2. The highest BCUT2D eigenvalue weighted by atomic mass is 16.5. The van der Waals surface area contributed by atoms with Crippen LogP contribution in [-0.2, 0) is 9.53 Å². The van der Waals surface area contributed by atoms with Crippen molar-refractivity contribution in [3.8, 4) is 0 Å². The Morgan fingerprint density at radius 3 is 2.40 bits per heavy atom. The summed E-state index contributed by atoms with van der Waals surface area (Å²) < 4.78 is 5.36. The standard InChI is InChI=1S/C19H22N4O2/c1-14-18(22-17(24)9-8-16-6-4-3-5-7-16)15(2)21-19(20-14)23-10-12-25-13-11-23/h3-9H,10-13H2,1-2H3,(H,22,24). The van der Waals surface area contributed by atoms with E-state index in [1.165, 1.54) is 6.08 Å². The second kappa shape index (κ2) is 7.90. The number of carbonyl (C=O) groups excluding carboxylic acids is 1. The van der Waals surface area contributed by atoms with E-state index in [0.29, 0.717) is 24.8 Å². The van der Waals surface area contributed by atoms with Crippen molar-refractivity contribution in [2.24, 2.45) is 0 Å². The first-order chi connectivity index (χ1) is 12.1. The van der Waals surface area contributed by atoms with Crippen LogP contribution in [0, 0.1) is 13.8 Å². The zero-order chi connectivity index (χ0) is 17.6. The number of nitrogens with zero attached hydrogens (tertiary/aromatic N) is 3. The number of rotatable bonds is 4. The van der Waals surface area contributed by atoms with Gasteiger partial charge in [0.1, 0.15) is 0 Å². The monoisotopic (exact) mass is 338 g/mol.